The number of nitrogens with two attached hydrogens (primary N) is 1. The number of rotatable bonds is 2. The molecular formula is C13H15N3. The first-order valence-corrected chi connectivity index (χ1v) is 5.69. The maximum absolute atomic E-state index is 6.12. The summed E-state index contributed by atoms with van der Waals surface area (Å²) in [5.74, 6) is 0. The zero-order valence-corrected chi connectivity index (χ0v) is 9.35. The van der Waals surface area contributed by atoms with Crippen LogP contribution < -0.4 is 5.73 Å². The first-order chi connectivity index (χ1) is 7.74. The van der Waals surface area contributed by atoms with Gasteiger partial charge in [0.05, 0.1) is 12.4 Å². The molecule has 2 N–H and O–H groups in total. The molecule has 1 fully saturated rings. The lowest BCUT2D eigenvalue weighted by Gasteiger charge is -2.21. The Hall–Kier alpha value is -1.48. The molecule has 1 atom stereocenters. The molecule has 1 saturated carbocycles. The van der Waals surface area contributed by atoms with E-state index in [0.29, 0.717) is 0 Å². The van der Waals surface area contributed by atoms with Crippen LogP contribution in [0.25, 0.3) is 10.8 Å². The fourth-order valence-corrected chi connectivity index (χ4v) is 2.57. The van der Waals surface area contributed by atoms with Crippen molar-refractivity contribution in [3.63, 3.8) is 0 Å². The van der Waals surface area contributed by atoms with Crippen molar-refractivity contribution in [1.82, 2.24) is 10.2 Å². The van der Waals surface area contributed by atoms with Crippen LogP contribution in [0.15, 0.2) is 30.6 Å². The van der Waals surface area contributed by atoms with Gasteiger partial charge >= 0.3 is 0 Å². The highest BCUT2D eigenvalue weighted by Gasteiger charge is 2.48. The highest BCUT2D eigenvalue weighted by molar-refractivity contribution is 5.85. The van der Waals surface area contributed by atoms with Crippen LogP contribution >= 0.6 is 0 Å². The molecule has 3 heteroatoms. The number of aromatic nitrogens is 2. The standard InChI is InChI=1S/C13H15N3/c1-9(14)13(5-6-13)12-4-2-3-10-7-15-16-8-11(10)12/h2-4,7-9H,5-6,14H2,1H3. The zero-order chi connectivity index (χ0) is 11.2. The second kappa shape index (κ2) is 3.25. The molecule has 0 spiro atoms. The molecule has 1 aromatic carbocycles. The second-order valence-electron chi connectivity index (χ2n) is 4.74. The molecule has 0 bridgehead atoms. The molecule has 2 aromatic rings. The maximum Gasteiger partial charge on any atom is 0.0577 e. The lowest BCUT2D eigenvalue weighted by atomic mass is 9.87. The summed E-state index contributed by atoms with van der Waals surface area (Å²) in [4.78, 5) is 0. The lowest BCUT2D eigenvalue weighted by molar-refractivity contribution is 0.560. The summed E-state index contributed by atoms with van der Waals surface area (Å²) >= 11 is 0. The molecule has 0 amide bonds. The summed E-state index contributed by atoms with van der Waals surface area (Å²) in [5, 5.41) is 10.3. The van der Waals surface area contributed by atoms with E-state index in [1.807, 2.05) is 12.4 Å². The summed E-state index contributed by atoms with van der Waals surface area (Å²) in [6.45, 7) is 2.10. The van der Waals surface area contributed by atoms with Crippen molar-refractivity contribution >= 4 is 10.8 Å². The van der Waals surface area contributed by atoms with Crippen molar-refractivity contribution in [2.45, 2.75) is 31.2 Å². The average Bonchev–Trinajstić information content (AvgIpc) is 3.09. The summed E-state index contributed by atoms with van der Waals surface area (Å²) in [5.41, 5.74) is 7.65. The third-order valence-corrected chi connectivity index (χ3v) is 3.79. The van der Waals surface area contributed by atoms with Gasteiger partial charge in [-0.1, -0.05) is 18.2 Å². The Kier molecular flexibility index (Phi) is 1.98. The van der Waals surface area contributed by atoms with Crippen molar-refractivity contribution in [3.8, 4) is 0 Å². The molecule has 0 aliphatic heterocycles. The molecule has 1 heterocycles. The average molecular weight is 213 g/mol. The Balaban J connectivity index is 2.25. The van der Waals surface area contributed by atoms with E-state index in [4.69, 9.17) is 5.73 Å². The van der Waals surface area contributed by atoms with Crippen molar-refractivity contribution in [2.24, 2.45) is 5.73 Å². The lowest BCUT2D eigenvalue weighted by Crippen LogP contribution is -2.31. The monoisotopic (exact) mass is 213 g/mol. The number of nitrogens with zero attached hydrogens (tertiary/aromatic N) is 2. The van der Waals surface area contributed by atoms with Crippen molar-refractivity contribution < 1.29 is 0 Å². The van der Waals surface area contributed by atoms with Crippen LogP contribution in [0.2, 0.25) is 0 Å². The van der Waals surface area contributed by atoms with Gasteiger partial charge in [-0.25, -0.2) is 0 Å². The molecular weight excluding hydrogens is 198 g/mol. The molecule has 1 aliphatic rings. The Morgan fingerprint density at radius 2 is 2.00 bits per heavy atom. The summed E-state index contributed by atoms with van der Waals surface area (Å²) in [6, 6.07) is 6.54. The van der Waals surface area contributed by atoms with Crippen molar-refractivity contribution in [1.29, 1.82) is 0 Å². The second-order valence-corrected chi connectivity index (χ2v) is 4.74. The first kappa shape index (κ1) is 9.73. The van der Waals surface area contributed by atoms with E-state index in [-0.39, 0.29) is 11.5 Å². The van der Waals surface area contributed by atoms with Crippen LogP contribution in [0.3, 0.4) is 0 Å². The Morgan fingerprint density at radius 1 is 1.25 bits per heavy atom. The molecule has 1 aromatic heterocycles. The van der Waals surface area contributed by atoms with Gasteiger partial charge in [-0.15, -0.1) is 0 Å². The quantitative estimate of drug-likeness (QED) is 0.830. The predicted octanol–water partition coefficient (Wildman–Crippen LogP) is 2.01. The third-order valence-electron chi connectivity index (χ3n) is 3.79. The fourth-order valence-electron chi connectivity index (χ4n) is 2.57. The van der Waals surface area contributed by atoms with Gasteiger partial charge < -0.3 is 5.73 Å². The van der Waals surface area contributed by atoms with Crippen molar-refractivity contribution in [2.75, 3.05) is 0 Å². The van der Waals surface area contributed by atoms with Gasteiger partial charge in [-0.3, -0.25) is 0 Å². The SMILES string of the molecule is CC(N)C1(c2cccc3cnncc23)CC1. The number of hydrogen-bond donors (Lipinski definition) is 1. The number of benzene rings is 1. The Morgan fingerprint density at radius 3 is 2.69 bits per heavy atom. The smallest absolute Gasteiger partial charge is 0.0577 e. The van der Waals surface area contributed by atoms with Crippen LogP contribution in [0, 0.1) is 0 Å². The van der Waals surface area contributed by atoms with Gasteiger partial charge in [0.1, 0.15) is 0 Å². The van der Waals surface area contributed by atoms with E-state index in [2.05, 4.69) is 35.3 Å². The minimum Gasteiger partial charge on any atom is -0.327 e. The van der Waals surface area contributed by atoms with Gasteiger partial charge in [0.15, 0.2) is 0 Å². The molecule has 1 unspecified atom stereocenters. The minimum atomic E-state index is 0.183. The minimum absolute atomic E-state index is 0.183. The highest BCUT2D eigenvalue weighted by atomic mass is 15.1. The summed E-state index contributed by atoms with van der Waals surface area (Å²) in [6.07, 6.45) is 6.04. The largest absolute Gasteiger partial charge is 0.327 e. The van der Waals surface area contributed by atoms with E-state index in [1.54, 1.807) is 0 Å². The highest BCUT2D eigenvalue weighted by Crippen LogP contribution is 2.51. The maximum atomic E-state index is 6.12. The third kappa shape index (κ3) is 1.25. The van der Waals surface area contributed by atoms with Gasteiger partial charge in [0.2, 0.25) is 0 Å². The Labute approximate surface area is 94.7 Å². The molecule has 1 aliphatic carbocycles. The van der Waals surface area contributed by atoms with Gasteiger partial charge in [-0.05, 0) is 25.3 Å². The first-order valence-electron chi connectivity index (χ1n) is 5.69. The van der Waals surface area contributed by atoms with Gasteiger partial charge in [-0.2, -0.15) is 10.2 Å². The fraction of sp³-hybridized carbons (Fsp3) is 0.385. The molecule has 3 nitrogen and oxygen atoms in total. The molecule has 0 saturated heterocycles. The number of fused-ring (bicyclic) bond motifs is 1. The Bertz CT molecular complexity index is 524. The molecule has 16 heavy (non-hydrogen) atoms. The van der Waals surface area contributed by atoms with Crippen molar-refractivity contribution in [3.05, 3.63) is 36.2 Å². The van der Waals surface area contributed by atoms with Crippen LogP contribution in [-0.4, -0.2) is 16.2 Å². The normalized spacial score (nSPS) is 19.6. The van der Waals surface area contributed by atoms with E-state index >= 15 is 0 Å². The predicted molar refractivity (Wildman–Crippen MR) is 64.1 cm³/mol. The van der Waals surface area contributed by atoms with E-state index < -0.39 is 0 Å². The summed E-state index contributed by atoms with van der Waals surface area (Å²) in [7, 11) is 0. The molecule has 0 radical (unpaired) electrons. The molecule has 3 rings (SSSR count). The van der Waals surface area contributed by atoms with Crippen LogP contribution in [-0.2, 0) is 5.41 Å². The van der Waals surface area contributed by atoms with E-state index in [9.17, 15) is 0 Å². The number of hydrogen-bond acceptors (Lipinski definition) is 3. The van der Waals surface area contributed by atoms with E-state index in [1.165, 1.54) is 23.8 Å². The molecule has 82 valence electrons. The summed E-state index contributed by atoms with van der Waals surface area (Å²) < 4.78 is 0. The van der Waals surface area contributed by atoms with Crippen LogP contribution in [0.4, 0.5) is 0 Å². The van der Waals surface area contributed by atoms with Crippen LogP contribution in [0.1, 0.15) is 25.3 Å². The van der Waals surface area contributed by atoms with E-state index in [0.717, 1.165) is 5.39 Å². The van der Waals surface area contributed by atoms with Crippen LogP contribution in [0.5, 0.6) is 0 Å². The zero-order valence-electron chi connectivity index (χ0n) is 9.35. The topological polar surface area (TPSA) is 51.8 Å². The van der Waals surface area contributed by atoms with Gasteiger partial charge in [0, 0.05) is 22.2 Å². The van der Waals surface area contributed by atoms with Gasteiger partial charge in [0.25, 0.3) is 0 Å².